The molecule has 0 unspecified atom stereocenters. The summed E-state index contributed by atoms with van der Waals surface area (Å²) in [6, 6.07) is 7.88. The van der Waals surface area contributed by atoms with E-state index in [4.69, 9.17) is 0 Å². The monoisotopic (exact) mass is 248 g/mol. The molecule has 0 spiro atoms. The highest BCUT2D eigenvalue weighted by Gasteiger charge is 2.47. The van der Waals surface area contributed by atoms with E-state index < -0.39 is 0 Å². The Bertz CT molecular complexity index is 428. The van der Waals surface area contributed by atoms with Gasteiger partial charge in [-0.3, -0.25) is 4.90 Å². The number of likely N-dealkylation sites (tertiary alicyclic amines) is 1. The highest BCUT2D eigenvalue weighted by molar-refractivity contribution is 5.29. The van der Waals surface area contributed by atoms with E-state index >= 15 is 0 Å². The van der Waals surface area contributed by atoms with E-state index in [9.17, 15) is 4.39 Å². The molecule has 1 aromatic rings. The predicted octanol–water partition coefficient (Wildman–Crippen LogP) is 2.50. The van der Waals surface area contributed by atoms with Gasteiger partial charge < -0.3 is 5.32 Å². The summed E-state index contributed by atoms with van der Waals surface area (Å²) in [5.41, 5.74) is 0.893. The van der Waals surface area contributed by atoms with Gasteiger partial charge in [-0.15, -0.1) is 0 Å². The van der Waals surface area contributed by atoms with Gasteiger partial charge in [0, 0.05) is 30.2 Å². The van der Waals surface area contributed by atoms with Gasteiger partial charge in [-0.2, -0.15) is 0 Å². The second-order valence-corrected chi connectivity index (χ2v) is 5.59. The molecule has 0 radical (unpaired) electrons. The number of hydrogen-bond donors (Lipinski definition) is 1. The molecule has 1 aromatic carbocycles. The van der Waals surface area contributed by atoms with Crippen molar-refractivity contribution >= 4 is 0 Å². The first-order valence-electron chi connectivity index (χ1n) is 6.93. The van der Waals surface area contributed by atoms with Crippen molar-refractivity contribution in [2.24, 2.45) is 0 Å². The summed E-state index contributed by atoms with van der Waals surface area (Å²) in [6.07, 6.45) is 4.59. The van der Waals surface area contributed by atoms with Crippen molar-refractivity contribution in [3.8, 4) is 0 Å². The zero-order chi connectivity index (χ0) is 12.6. The van der Waals surface area contributed by atoms with Crippen molar-refractivity contribution in [3.63, 3.8) is 0 Å². The van der Waals surface area contributed by atoms with Crippen LogP contribution in [-0.2, 0) is 5.54 Å². The molecule has 1 heterocycles. The molecular weight excluding hydrogens is 227 g/mol. The average molecular weight is 248 g/mol. The van der Waals surface area contributed by atoms with Gasteiger partial charge >= 0.3 is 0 Å². The van der Waals surface area contributed by atoms with Crippen molar-refractivity contribution in [1.29, 1.82) is 0 Å². The first-order chi connectivity index (χ1) is 8.76. The van der Waals surface area contributed by atoms with Gasteiger partial charge in [0.1, 0.15) is 5.82 Å². The van der Waals surface area contributed by atoms with Crippen LogP contribution in [-0.4, -0.2) is 31.1 Å². The molecule has 2 aliphatic rings. The maximum atomic E-state index is 14.1. The van der Waals surface area contributed by atoms with Crippen LogP contribution in [0, 0.1) is 5.82 Å². The quantitative estimate of drug-likeness (QED) is 0.884. The topological polar surface area (TPSA) is 15.3 Å². The van der Waals surface area contributed by atoms with E-state index in [1.54, 1.807) is 12.1 Å². The molecule has 1 saturated heterocycles. The standard InChI is InChI=1S/C15H21FN2/c1-17-12-7-10-18(11-12)15(8-4-9-15)13-5-2-3-6-14(13)16/h2-3,5-6,12,17H,4,7-11H2,1H3/t12-/m0/s1. The van der Waals surface area contributed by atoms with Gasteiger partial charge in [-0.05, 0) is 38.8 Å². The molecule has 3 rings (SSSR count). The number of rotatable bonds is 3. The molecule has 98 valence electrons. The summed E-state index contributed by atoms with van der Waals surface area (Å²) in [6.45, 7) is 2.13. The van der Waals surface area contributed by atoms with E-state index in [-0.39, 0.29) is 11.4 Å². The maximum absolute atomic E-state index is 14.1. The van der Waals surface area contributed by atoms with Crippen LogP contribution in [0.15, 0.2) is 24.3 Å². The molecule has 18 heavy (non-hydrogen) atoms. The third-order valence-electron chi connectivity index (χ3n) is 4.76. The van der Waals surface area contributed by atoms with Gasteiger partial charge in [0.05, 0.1) is 0 Å². The van der Waals surface area contributed by atoms with Crippen LogP contribution in [0.5, 0.6) is 0 Å². The largest absolute Gasteiger partial charge is 0.316 e. The molecular formula is C15H21FN2. The van der Waals surface area contributed by atoms with E-state index in [1.807, 2.05) is 19.2 Å². The van der Waals surface area contributed by atoms with Crippen LogP contribution < -0.4 is 5.32 Å². The molecule has 1 saturated carbocycles. The summed E-state index contributed by atoms with van der Waals surface area (Å²) >= 11 is 0. The average Bonchev–Trinajstić information content (AvgIpc) is 2.79. The molecule has 1 atom stereocenters. The molecule has 0 amide bonds. The van der Waals surface area contributed by atoms with Crippen LogP contribution in [0.4, 0.5) is 4.39 Å². The summed E-state index contributed by atoms with van der Waals surface area (Å²) in [5, 5.41) is 3.34. The number of nitrogens with one attached hydrogen (secondary N) is 1. The lowest BCUT2D eigenvalue weighted by Gasteiger charge is -2.49. The normalized spacial score (nSPS) is 27.1. The first-order valence-corrected chi connectivity index (χ1v) is 6.93. The van der Waals surface area contributed by atoms with Gasteiger partial charge in [-0.25, -0.2) is 4.39 Å². The van der Waals surface area contributed by atoms with Crippen molar-refractivity contribution in [1.82, 2.24) is 10.2 Å². The third-order valence-corrected chi connectivity index (χ3v) is 4.76. The fraction of sp³-hybridized carbons (Fsp3) is 0.600. The van der Waals surface area contributed by atoms with Crippen molar-refractivity contribution in [3.05, 3.63) is 35.6 Å². The Morgan fingerprint density at radius 2 is 2.11 bits per heavy atom. The Labute approximate surface area is 108 Å². The minimum absolute atomic E-state index is 0.0169. The number of likely N-dealkylation sites (N-methyl/N-ethyl adjacent to an activating group) is 1. The summed E-state index contributed by atoms with van der Waals surface area (Å²) < 4.78 is 14.1. The zero-order valence-corrected chi connectivity index (χ0v) is 11.0. The van der Waals surface area contributed by atoms with E-state index in [0.717, 1.165) is 31.5 Å². The van der Waals surface area contributed by atoms with Crippen LogP contribution in [0.1, 0.15) is 31.2 Å². The second-order valence-electron chi connectivity index (χ2n) is 5.59. The molecule has 2 fully saturated rings. The fourth-order valence-electron chi connectivity index (χ4n) is 3.49. The van der Waals surface area contributed by atoms with Crippen LogP contribution in [0.25, 0.3) is 0 Å². The highest BCUT2D eigenvalue weighted by Crippen LogP contribution is 2.48. The van der Waals surface area contributed by atoms with E-state index in [2.05, 4.69) is 10.2 Å². The lowest BCUT2D eigenvalue weighted by atomic mass is 9.70. The Kier molecular flexibility index (Phi) is 3.12. The molecule has 3 heteroatoms. The lowest BCUT2D eigenvalue weighted by molar-refractivity contribution is 0.0274. The minimum Gasteiger partial charge on any atom is -0.316 e. The number of hydrogen-bond acceptors (Lipinski definition) is 2. The Morgan fingerprint density at radius 1 is 1.33 bits per heavy atom. The zero-order valence-electron chi connectivity index (χ0n) is 11.0. The minimum atomic E-state index is -0.0369. The van der Waals surface area contributed by atoms with E-state index in [1.165, 1.54) is 12.8 Å². The smallest absolute Gasteiger partial charge is 0.128 e. The van der Waals surface area contributed by atoms with Crippen LogP contribution in [0.2, 0.25) is 0 Å². The number of nitrogens with zero attached hydrogens (tertiary/aromatic N) is 1. The molecule has 1 aliphatic heterocycles. The van der Waals surface area contributed by atoms with Crippen molar-refractivity contribution in [2.45, 2.75) is 37.3 Å². The SMILES string of the molecule is CN[C@H]1CCN(C2(c3ccccc3F)CCC2)C1. The van der Waals surface area contributed by atoms with Crippen LogP contribution >= 0.6 is 0 Å². The molecule has 0 aromatic heterocycles. The van der Waals surface area contributed by atoms with Crippen molar-refractivity contribution < 1.29 is 4.39 Å². The second kappa shape index (κ2) is 4.63. The van der Waals surface area contributed by atoms with Gasteiger partial charge in [0.15, 0.2) is 0 Å². The van der Waals surface area contributed by atoms with Crippen LogP contribution in [0.3, 0.4) is 0 Å². The Balaban J connectivity index is 1.89. The Hall–Kier alpha value is -0.930. The van der Waals surface area contributed by atoms with Gasteiger partial charge in [0.25, 0.3) is 0 Å². The predicted molar refractivity (Wildman–Crippen MR) is 71.0 cm³/mol. The summed E-state index contributed by atoms with van der Waals surface area (Å²) in [4.78, 5) is 2.50. The fourth-order valence-corrected chi connectivity index (χ4v) is 3.49. The molecule has 2 nitrogen and oxygen atoms in total. The van der Waals surface area contributed by atoms with Gasteiger partial charge in [0.2, 0.25) is 0 Å². The number of benzene rings is 1. The summed E-state index contributed by atoms with van der Waals surface area (Å²) in [7, 11) is 2.02. The number of halogens is 1. The van der Waals surface area contributed by atoms with E-state index in [0.29, 0.717) is 6.04 Å². The van der Waals surface area contributed by atoms with Gasteiger partial charge in [-0.1, -0.05) is 18.2 Å². The molecule has 1 aliphatic carbocycles. The third kappa shape index (κ3) is 1.77. The molecule has 1 N–H and O–H groups in total. The van der Waals surface area contributed by atoms with Crippen molar-refractivity contribution in [2.75, 3.05) is 20.1 Å². The summed E-state index contributed by atoms with van der Waals surface area (Å²) in [5.74, 6) is -0.0369. The lowest BCUT2D eigenvalue weighted by Crippen LogP contribution is -2.51. The first kappa shape index (κ1) is 12.1. The maximum Gasteiger partial charge on any atom is 0.128 e. The highest BCUT2D eigenvalue weighted by atomic mass is 19.1. The molecule has 0 bridgehead atoms. The Morgan fingerprint density at radius 3 is 2.67 bits per heavy atom.